The number of benzene rings is 3. The Bertz CT molecular complexity index is 1740. The van der Waals surface area contributed by atoms with Gasteiger partial charge in [-0.15, -0.1) is 5.10 Å². The van der Waals surface area contributed by atoms with Gasteiger partial charge in [0.2, 0.25) is 4.96 Å². The highest BCUT2D eigenvalue weighted by Gasteiger charge is 2.34. The minimum atomic E-state index is -0.386. The first kappa shape index (κ1) is 23.1. The number of thiazole rings is 1. The van der Waals surface area contributed by atoms with Crippen LogP contribution in [-0.2, 0) is 11.3 Å². The number of ether oxygens (including phenoxy) is 1. The van der Waals surface area contributed by atoms with Crippen LogP contribution in [0.2, 0.25) is 0 Å². The van der Waals surface area contributed by atoms with Crippen LogP contribution in [0.5, 0.6) is 5.75 Å². The molecule has 37 heavy (non-hydrogen) atoms. The number of hydrogen-bond donors (Lipinski definition) is 0. The molecule has 0 radical (unpaired) electrons. The number of fused-ring (bicyclic) bond motifs is 2. The number of carbonyl (C=O) groups excluding carboxylic acids is 1. The number of para-hydroxylation sites is 1. The number of halogens is 1. The molecule has 0 atom stereocenters. The highest BCUT2D eigenvalue weighted by molar-refractivity contribution is 7.15. The van der Waals surface area contributed by atoms with Crippen molar-refractivity contribution in [3.8, 4) is 17.1 Å². The van der Waals surface area contributed by atoms with Crippen LogP contribution in [0.25, 0.3) is 21.9 Å². The lowest BCUT2D eigenvalue weighted by atomic mass is 10.1. The highest BCUT2D eigenvalue weighted by Crippen LogP contribution is 2.36. The van der Waals surface area contributed by atoms with Crippen LogP contribution in [0.15, 0.2) is 77.6 Å². The van der Waals surface area contributed by atoms with Gasteiger partial charge in [-0.25, -0.2) is 4.39 Å². The zero-order valence-corrected chi connectivity index (χ0v) is 20.7. The van der Waals surface area contributed by atoms with E-state index in [0.717, 1.165) is 34.6 Å². The summed E-state index contributed by atoms with van der Waals surface area (Å²) in [6.07, 6.45) is 0.922. The Balaban J connectivity index is 1.40. The summed E-state index contributed by atoms with van der Waals surface area (Å²) in [5.74, 6) is 0.571. The third-order valence-electron chi connectivity index (χ3n) is 6.15. The van der Waals surface area contributed by atoms with Crippen molar-refractivity contribution in [3.63, 3.8) is 0 Å². The van der Waals surface area contributed by atoms with Gasteiger partial charge in [0.05, 0.1) is 24.4 Å². The first-order chi connectivity index (χ1) is 18.0. The Morgan fingerprint density at radius 1 is 0.973 bits per heavy atom. The maximum absolute atomic E-state index is 13.6. The molecule has 0 aliphatic carbocycles. The Morgan fingerprint density at radius 3 is 2.46 bits per heavy atom. The minimum absolute atomic E-state index is 0.261. The first-order valence-corrected chi connectivity index (χ1v) is 12.7. The van der Waals surface area contributed by atoms with Gasteiger partial charge in [0.15, 0.2) is 5.82 Å². The second kappa shape index (κ2) is 9.25. The van der Waals surface area contributed by atoms with E-state index in [0.29, 0.717) is 38.7 Å². The van der Waals surface area contributed by atoms with E-state index in [-0.39, 0.29) is 23.8 Å². The zero-order chi connectivity index (χ0) is 25.5. The first-order valence-electron chi connectivity index (χ1n) is 11.9. The predicted molar refractivity (Wildman–Crippen MR) is 140 cm³/mol. The molecule has 9 heteroatoms. The lowest BCUT2D eigenvalue weighted by molar-refractivity contribution is -0.113. The molecule has 0 saturated carbocycles. The molecule has 0 fully saturated rings. The molecular weight excluding hydrogens is 491 g/mol. The van der Waals surface area contributed by atoms with E-state index >= 15 is 0 Å². The van der Waals surface area contributed by atoms with Crippen molar-refractivity contribution in [2.45, 2.75) is 19.9 Å². The molecule has 6 rings (SSSR count). The number of carbonyl (C=O) groups is 1. The molecule has 2 aromatic heterocycles. The molecule has 0 N–H and O–H groups in total. The molecule has 1 aliphatic rings. The average Bonchev–Trinajstić information content (AvgIpc) is 3.55. The lowest BCUT2D eigenvalue weighted by Crippen LogP contribution is -2.32. The summed E-state index contributed by atoms with van der Waals surface area (Å²) in [5, 5.41) is 4.43. The summed E-state index contributed by atoms with van der Waals surface area (Å²) in [6.45, 7) is 2.95. The number of amides is 1. The van der Waals surface area contributed by atoms with Crippen molar-refractivity contribution in [2.24, 2.45) is 0 Å². The number of nitrogens with zero attached hydrogens (tertiary/aromatic N) is 4. The monoisotopic (exact) mass is 512 g/mol. The lowest BCUT2D eigenvalue weighted by Gasteiger charge is -2.17. The largest absolute Gasteiger partial charge is 0.494 e. The van der Waals surface area contributed by atoms with Crippen molar-refractivity contribution >= 4 is 33.5 Å². The number of aromatic nitrogens is 3. The third kappa shape index (κ3) is 4.07. The van der Waals surface area contributed by atoms with Crippen LogP contribution in [-0.4, -0.2) is 27.1 Å². The molecule has 5 aromatic rings. The zero-order valence-electron chi connectivity index (χ0n) is 19.8. The van der Waals surface area contributed by atoms with Gasteiger partial charge < -0.3 is 9.64 Å². The van der Waals surface area contributed by atoms with Gasteiger partial charge in [-0.05, 0) is 54.4 Å². The maximum Gasteiger partial charge on any atom is 0.291 e. The molecule has 184 valence electrons. The van der Waals surface area contributed by atoms with Crippen LogP contribution < -0.4 is 19.7 Å². The number of anilines is 1. The average molecular weight is 513 g/mol. The highest BCUT2D eigenvalue weighted by atomic mass is 32.1. The van der Waals surface area contributed by atoms with E-state index < -0.39 is 0 Å². The molecule has 3 aromatic carbocycles. The summed E-state index contributed by atoms with van der Waals surface area (Å²) in [5.41, 5.74) is 2.88. The molecule has 7 nitrogen and oxygen atoms in total. The Hall–Kier alpha value is -4.37. The van der Waals surface area contributed by atoms with E-state index in [1.807, 2.05) is 55.5 Å². The second-order valence-corrected chi connectivity index (χ2v) is 9.63. The van der Waals surface area contributed by atoms with Crippen molar-refractivity contribution < 1.29 is 13.9 Å². The van der Waals surface area contributed by atoms with Crippen LogP contribution >= 0.6 is 11.3 Å². The quantitative estimate of drug-likeness (QED) is 0.341. The van der Waals surface area contributed by atoms with E-state index in [2.05, 4.69) is 10.1 Å². The van der Waals surface area contributed by atoms with Crippen LogP contribution in [0.4, 0.5) is 10.1 Å². The van der Waals surface area contributed by atoms with Gasteiger partial charge in [0.25, 0.3) is 11.5 Å². The van der Waals surface area contributed by atoms with Gasteiger partial charge in [-0.2, -0.15) is 9.50 Å². The second-order valence-electron chi connectivity index (χ2n) is 8.65. The van der Waals surface area contributed by atoms with Gasteiger partial charge >= 0.3 is 0 Å². The van der Waals surface area contributed by atoms with Crippen LogP contribution in [0.3, 0.4) is 0 Å². The Morgan fingerprint density at radius 2 is 1.73 bits per heavy atom. The normalized spacial score (nSPS) is 14.4. The van der Waals surface area contributed by atoms with E-state index in [9.17, 15) is 14.0 Å². The molecule has 0 saturated heterocycles. The molecule has 0 bridgehead atoms. The van der Waals surface area contributed by atoms with Gasteiger partial charge in [-0.3, -0.25) is 9.59 Å². The molecule has 3 heterocycles. The standard InChI is InChI=1S/C28H21FN4O3S/c1-2-15-36-20-13-9-18(10-14-20)25-30-28-33(31-25)27(35)24(37-28)23-21-5-3-4-6-22(21)32(26(23)34)16-17-7-11-19(29)12-8-17/h3-14H,2,15-16H2,1H3. The Kier molecular flexibility index (Phi) is 5.77. The summed E-state index contributed by atoms with van der Waals surface area (Å²) < 4.78 is 20.5. The number of rotatable bonds is 6. The van der Waals surface area contributed by atoms with Crippen molar-refractivity contribution in [3.05, 3.63) is 105 Å². The fourth-order valence-corrected chi connectivity index (χ4v) is 5.35. The molecule has 1 amide bonds. The van der Waals surface area contributed by atoms with E-state index in [1.54, 1.807) is 17.0 Å². The smallest absolute Gasteiger partial charge is 0.291 e. The summed E-state index contributed by atoms with van der Waals surface area (Å²) in [4.78, 5) is 33.6. The van der Waals surface area contributed by atoms with Gasteiger partial charge in [0.1, 0.15) is 16.1 Å². The fourth-order valence-electron chi connectivity index (χ4n) is 4.36. The maximum atomic E-state index is 13.6. The van der Waals surface area contributed by atoms with Gasteiger partial charge in [-0.1, -0.05) is 48.6 Å². The van der Waals surface area contributed by atoms with Crippen molar-refractivity contribution in [1.82, 2.24) is 14.6 Å². The van der Waals surface area contributed by atoms with Crippen molar-refractivity contribution in [1.29, 1.82) is 0 Å². The van der Waals surface area contributed by atoms with Crippen LogP contribution in [0, 0.1) is 5.82 Å². The predicted octanol–water partition coefficient (Wildman–Crippen LogP) is 4.21. The molecule has 1 aliphatic heterocycles. The molecular formula is C28H21FN4O3S. The fraction of sp³-hybridized carbons (Fsp3) is 0.143. The third-order valence-corrected chi connectivity index (χ3v) is 7.18. The summed E-state index contributed by atoms with van der Waals surface area (Å²) in [6, 6.07) is 20.8. The van der Waals surface area contributed by atoms with Crippen molar-refractivity contribution in [2.75, 3.05) is 11.5 Å². The van der Waals surface area contributed by atoms with Gasteiger partial charge in [0, 0.05) is 11.1 Å². The van der Waals surface area contributed by atoms with E-state index in [4.69, 9.17) is 4.74 Å². The Labute approximate surface area is 215 Å². The van der Waals surface area contributed by atoms with Crippen LogP contribution in [0.1, 0.15) is 24.5 Å². The van der Waals surface area contributed by atoms with E-state index in [1.165, 1.54) is 16.6 Å². The molecule has 0 unspecified atom stereocenters. The molecule has 0 spiro atoms. The SMILES string of the molecule is CCCOc1ccc(-c2nc3sc(=C4C(=O)N(Cc5ccc(F)cc5)c5ccccc54)c(=O)n3n2)cc1. The minimum Gasteiger partial charge on any atom is -0.494 e. The topological polar surface area (TPSA) is 76.8 Å². The summed E-state index contributed by atoms with van der Waals surface area (Å²) in [7, 11) is 0. The number of hydrogen-bond acceptors (Lipinski definition) is 6. The summed E-state index contributed by atoms with van der Waals surface area (Å²) >= 11 is 1.15.